The minimum Gasteiger partial charge on any atom is -0.252 e. The lowest BCUT2D eigenvalue weighted by molar-refractivity contribution is 0.854. The second kappa shape index (κ2) is 1.86. The summed E-state index contributed by atoms with van der Waals surface area (Å²) in [7, 11) is 0. The monoisotopic (exact) mass is 215 g/mol. The van der Waals surface area contributed by atoms with Gasteiger partial charge in [-0.15, -0.1) is 0 Å². The van der Waals surface area contributed by atoms with Crippen molar-refractivity contribution in [2.24, 2.45) is 0 Å². The van der Waals surface area contributed by atoms with Gasteiger partial charge in [-0.1, -0.05) is 18.2 Å². The third-order valence-corrected chi connectivity index (χ3v) is 4.88. The van der Waals surface area contributed by atoms with Crippen LogP contribution in [0.1, 0.15) is 28.3 Å². The molecule has 78 valence electrons. The van der Waals surface area contributed by atoms with Crippen LogP contribution in [0.15, 0.2) is 42.0 Å². The second-order valence-corrected chi connectivity index (χ2v) is 5.74. The van der Waals surface area contributed by atoms with Crippen molar-refractivity contribution in [2.45, 2.75) is 17.8 Å². The second-order valence-electron chi connectivity index (χ2n) is 5.74. The van der Waals surface area contributed by atoms with Gasteiger partial charge in [0.05, 0.1) is 11.4 Å². The molecule has 1 aromatic carbocycles. The van der Waals surface area contributed by atoms with E-state index in [-0.39, 0.29) is 0 Å². The largest absolute Gasteiger partial charge is 0.252 e. The average Bonchev–Trinajstić information content (AvgIpc) is 3.16. The van der Waals surface area contributed by atoms with E-state index >= 15 is 0 Å². The Hall–Kier alpha value is -1.89. The number of pyridine rings is 1. The Morgan fingerprint density at radius 1 is 1.12 bits per heavy atom. The molecule has 4 aliphatic rings. The van der Waals surface area contributed by atoms with Gasteiger partial charge in [-0.2, -0.15) is 0 Å². The summed E-state index contributed by atoms with van der Waals surface area (Å²) in [6.07, 6.45) is 3.49. The lowest BCUT2D eigenvalue weighted by Gasteiger charge is -2.11. The normalized spacial score (nSPS) is 31.3. The summed E-state index contributed by atoms with van der Waals surface area (Å²) in [6.45, 7) is 0. The van der Waals surface area contributed by atoms with Crippen LogP contribution in [0.3, 0.4) is 0 Å². The highest BCUT2D eigenvalue weighted by Crippen LogP contribution is 2.79. The quantitative estimate of drug-likeness (QED) is 0.525. The van der Waals surface area contributed by atoms with E-state index in [9.17, 15) is 0 Å². The van der Waals surface area contributed by atoms with E-state index in [4.69, 9.17) is 4.98 Å². The van der Waals surface area contributed by atoms with Gasteiger partial charge in [0.1, 0.15) is 0 Å². The van der Waals surface area contributed by atoms with Crippen molar-refractivity contribution >= 4 is 0 Å². The van der Waals surface area contributed by atoms with Crippen molar-refractivity contribution < 1.29 is 0 Å². The number of fused-ring (bicyclic) bond motifs is 5. The smallest absolute Gasteiger partial charge is 0.0711 e. The zero-order valence-corrected chi connectivity index (χ0v) is 9.20. The Bertz CT molecular complexity index is 784. The highest BCUT2D eigenvalue weighted by Gasteiger charge is 2.72. The number of aromatic nitrogens is 1. The van der Waals surface area contributed by atoms with Crippen LogP contribution < -0.4 is 0 Å². The molecule has 1 nitrogen and oxygen atoms in total. The van der Waals surface area contributed by atoms with Gasteiger partial charge in [0.15, 0.2) is 0 Å². The van der Waals surface area contributed by atoms with Gasteiger partial charge in [0.2, 0.25) is 0 Å². The summed E-state index contributed by atoms with van der Waals surface area (Å²) in [6, 6.07) is 11.6. The lowest BCUT2D eigenvalue weighted by atomic mass is 9.90. The van der Waals surface area contributed by atoms with E-state index in [0.29, 0.717) is 11.3 Å². The summed E-state index contributed by atoms with van der Waals surface area (Å²) in [5.74, 6) is 0.617. The zero-order chi connectivity index (χ0) is 10.8. The first-order valence-electron chi connectivity index (χ1n) is 6.24. The number of rotatable bonds is 0. The molecule has 0 saturated heterocycles. The number of allylic oxidation sites excluding steroid dienone is 2. The minimum atomic E-state index is 0.311. The molecule has 0 amide bonds. The maximum Gasteiger partial charge on any atom is 0.0711 e. The molecule has 1 fully saturated rings. The summed E-state index contributed by atoms with van der Waals surface area (Å²) in [5.41, 5.74) is 10.2. The first-order chi connectivity index (χ1) is 8.36. The third kappa shape index (κ3) is 0.613. The molecule has 2 heterocycles. The van der Waals surface area contributed by atoms with Crippen molar-refractivity contribution in [1.82, 2.24) is 4.98 Å². The van der Waals surface area contributed by atoms with Crippen LogP contribution in [0.5, 0.6) is 0 Å². The van der Waals surface area contributed by atoms with Crippen molar-refractivity contribution in [3.05, 3.63) is 64.4 Å². The summed E-state index contributed by atoms with van der Waals surface area (Å²) in [5, 5.41) is 0. The van der Waals surface area contributed by atoms with E-state index in [2.05, 4.69) is 36.4 Å². The number of nitrogens with zero attached hydrogens (tertiary/aromatic N) is 1. The Morgan fingerprint density at radius 3 is 3.06 bits per heavy atom. The molecule has 0 radical (unpaired) electrons. The Balaban J connectivity index is 1.90. The Kier molecular flexibility index (Phi) is 0.814. The number of benzene rings is 1. The maximum atomic E-state index is 4.87. The fourth-order valence-corrected chi connectivity index (χ4v) is 3.94. The van der Waals surface area contributed by atoms with Crippen molar-refractivity contribution in [2.75, 3.05) is 0 Å². The van der Waals surface area contributed by atoms with Gasteiger partial charge in [0, 0.05) is 16.9 Å². The fourth-order valence-electron chi connectivity index (χ4n) is 3.94. The Labute approximate surface area is 98.8 Å². The van der Waals surface area contributed by atoms with E-state index in [1.165, 1.54) is 33.6 Å². The molecule has 2 unspecified atom stereocenters. The molecule has 6 rings (SSSR count). The van der Waals surface area contributed by atoms with Gasteiger partial charge in [0.25, 0.3) is 0 Å². The molecule has 2 aromatic rings. The predicted octanol–water partition coefficient (Wildman–Crippen LogP) is 2.94. The molecule has 1 spiro atoms. The summed E-state index contributed by atoms with van der Waals surface area (Å²) >= 11 is 0. The number of hydrogen-bond donors (Lipinski definition) is 0. The zero-order valence-electron chi connectivity index (χ0n) is 9.20. The molecule has 5 bridgehead atoms. The molecule has 3 aliphatic carbocycles. The summed E-state index contributed by atoms with van der Waals surface area (Å²) in [4.78, 5) is 4.87. The van der Waals surface area contributed by atoms with Gasteiger partial charge in [-0.25, -0.2) is 0 Å². The van der Waals surface area contributed by atoms with Crippen LogP contribution in [-0.2, 0) is 11.8 Å². The van der Waals surface area contributed by atoms with Crippen LogP contribution >= 0.6 is 0 Å². The van der Waals surface area contributed by atoms with Gasteiger partial charge < -0.3 is 0 Å². The van der Waals surface area contributed by atoms with Crippen molar-refractivity contribution in [1.29, 1.82) is 0 Å². The minimum absolute atomic E-state index is 0.311. The SMILES string of the molecule is C1=C2C3c4cc5cc(n4)-c4cc(ccc4C123)C5. The van der Waals surface area contributed by atoms with E-state index in [0.717, 1.165) is 6.42 Å². The highest BCUT2D eigenvalue weighted by atomic mass is 14.8. The molecular formula is C16H9N. The first kappa shape index (κ1) is 7.44. The summed E-state index contributed by atoms with van der Waals surface area (Å²) < 4.78 is 0. The van der Waals surface area contributed by atoms with Gasteiger partial charge >= 0.3 is 0 Å². The lowest BCUT2D eigenvalue weighted by Crippen LogP contribution is -2.03. The molecule has 2 atom stereocenters. The van der Waals surface area contributed by atoms with Crippen LogP contribution in [0.25, 0.3) is 11.3 Å². The standard InChI is InChI=1S/C16H9N/c1-2-11-10-4-8(1)3-9-5-13(10)17-14(6-9)15-12-7-16(11,12)15/h1-2,4-7,15H,3H2. The highest BCUT2D eigenvalue weighted by molar-refractivity contribution is 5.86. The average molecular weight is 215 g/mol. The van der Waals surface area contributed by atoms with Crippen LogP contribution in [0, 0.1) is 0 Å². The van der Waals surface area contributed by atoms with Gasteiger partial charge in [-0.3, -0.25) is 4.98 Å². The van der Waals surface area contributed by atoms with Gasteiger partial charge in [-0.05, 0) is 46.9 Å². The predicted molar refractivity (Wildman–Crippen MR) is 65.0 cm³/mol. The molecule has 1 aliphatic heterocycles. The van der Waals surface area contributed by atoms with E-state index < -0.39 is 0 Å². The third-order valence-electron chi connectivity index (χ3n) is 4.88. The van der Waals surface area contributed by atoms with Crippen molar-refractivity contribution in [3.8, 4) is 11.3 Å². The van der Waals surface area contributed by atoms with E-state index in [1.54, 1.807) is 5.57 Å². The molecule has 1 saturated carbocycles. The molecule has 0 N–H and O–H groups in total. The van der Waals surface area contributed by atoms with Crippen LogP contribution in [0.2, 0.25) is 0 Å². The Morgan fingerprint density at radius 2 is 2.12 bits per heavy atom. The number of hydrogen-bond acceptors (Lipinski definition) is 1. The molecule has 1 heteroatoms. The van der Waals surface area contributed by atoms with Crippen molar-refractivity contribution in [3.63, 3.8) is 0 Å². The molecule has 17 heavy (non-hydrogen) atoms. The molecule has 1 aromatic heterocycles. The first-order valence-corrected chi connectivity index (χ1v) is 6.24. The fraction of sp³-hybridized carbons (Fsp3) is 0.188. The topological polar surface area (TPSA) is 12.9 Å². The van der Waals surface area contributed by atoms with Crippen LogP contribution in [-0.4, -0.2) is 4.98 Å². The maximum absolute atomic E-state index is 4.87. The van der Waals surface area contributed by atoms with Crippen LogP contribution in [0.4, 0.5) is 0 Å². The van der Waals surface area contributed by atoms with E-state index in [1.807, 2.05) is 0 Å². The molecular weight excluding hydrogens is 206 g/mol.